The van der Waals surface area contributed by atoms with E-state index in [0.717, 1.165) is 16.8 Å². The SMILES string of the molecule is CNc1cncc(C(=O)Nc2c(C)cccc2C)n1. The van der Waals surface area contributed by atoms with Crippen molar-refractivity contribution in [2.24, 2.45) is 0 Å². The highest BCUT2D eigenvalue weighted by Gasteiger charge is 2.11. The van der Waals surface area contributed by atoms with E-state index in [9.17, 15) is 4.79 Å². The van der Waals surface area contributed by atoms with E-state index in [-0.39, 0.29) is 11.6 Å². The van der Waals surface area contributed by atoms with Crippen molar-refractivity contribution in [1.29, 1.82) is 0 Å². The molecule has 0 saturated carbocycles. The minimum absolute atomic E-state index is 0.262. The van der Waals surface area contributed by atoms with E-state index in [1.165, 1.54) is 6.20 Å². The Hall–Kier alpha value is -2.43. The Labute approximate surface area is 112 Å². The molecule has 98 valence electrons. The van der Waals surface area contributed by atoms with Gasteiger partial charge in [-0.25, -0.2) is 4.98 Å². The molecule has 0 radical (unpaired) electrons. The number of para-hydroxylation sites is 1. The molecule has 0 atom stereocenters. The molecule has 0 bridgehead atoms. The molecule has 0 fully saturated rings. The minimum Gasteiger partial charge on any atom is -0.372 e. The number of rotatable bonds is 3. The molecule has 19 heavy (non-hydrogen) atoms. The third-order valence-corrected chi connectivity index (χ3v) is 2.84. The molecule has 0 saturated heterocycles. The van der Waals surface area contributed by atoms with Crippen LogP contribution in [0.1, 0.15) is 21.6 Å². The van der Waals surface area contributed by atoms with E-state index in [4.69, 9.17) is 0 Å². The van der Waals surface area contributed by atoms with Gasteiger partial charge < -0.3 is 10.6 Å². The first-order chi connectivity index (χ1) is 9.11. The van der Waals surface area contributed by atoms with Gasteiger partial charge in [-0.3, -0.25) is 9.78 Å². The summed E-state index contributed by atoms with van der Waals surface area (Å²) in [5.74, 6) is 0.302. The lowest BCUT2D eigenvalue weighted by Crippen LogP contribution is -2.16. The number of nitrogens with zero attached hydrogens (tertiary/aromatic N) is 2. The number of aryl methyl sites for hydroxylation is 2. The molecular weight excluding hydrogens is 240 g/mol. The summed E-state index contributed by atoms with van der Waals surface area (Å²) in [6.07, 6.45) is 3.01. The van der Waals surface area contributed by atoms with Gasteiger partial charge in [0.1, 0.15) is 11.5 Å². The van der Waals surface area contributed by atoms with Crippen molar-refractivity contribution in [2.75, 3.05) is 17.7 Å². The molecule has 0 aliphatic heterocycles. The minimum atomic E-state index is -0.262. The summed E-state index contributed by atoms with van der Waals surface area (Å²) in [6.45, 7) is 3.91. The number of carbonyl (C=O) groups is 1. The Morgan fingerprint density at radius 1 is 1.16 bits per heavy atom. The number of anilines is 2. The van der Waals surface area contributed by atoms with Crippen LogP contribution >= 0.6 is 0 Å². The lowest BCUT2D eigenvalue weighted by atomic mass is 10.1. The molecule has 0 unspecified atom stereocenters. The second-order valence-corrected chi connectivity index (χ2v) is 4.26. The molecule has 5 nitrogen and oxygen atoms in total. The van der Waals surface area contributed by atoms with Gasteiger partial charge in [-0.05, 0) is 25.0 Å². The standard InChI is InChI=1S/C14H16N4O/c1-9-5-4-6-10(2)13(9)18-14(19)11-7-16-8-12(15-3)17-11/h4-8H,1-3H3,(H,15,17)(H,18,19). The van der Waals surface area contributed by atoms with Crippen LogP contribution in [0.5, 0.6) is 0 Å². The molecule has 1 amide bonds. The Balaban J connectivity index is 2.25. The highest BCUT2D eigenvalue weighted by atomic mass is 16.1. The predicted molar refractivity (Wildman–Crippen MR) is 75.4 cm³/mol. The van der Waals surface area contributed by atoms with Crippen LogP contribution in [0, 0.1) is 13.8 Å². The lowest BCUT2D eigenvalue weighted by Gasteiger charge is -2.11. The highest BCUT2D eigenvalue weighted by molar-refractivity contribution is 6.03. The van der Waals surface area contributed by atoms with Gasteiger partial charge in [-0.15, -0.1) is 0 Å². The van der Waals surface area contributed by atoms with Crippen molar-refractivity contribution in [2.45, 2.75) is 13.8 Å². The molecule has 1 aromatic carbocycles. The molecular formula is C14H16N4O. The van der Waals surface area contributed by atoms with Crippen LogP contribution in [0.2, 0.25) is 0 Å². The smallest absolute Gasteiger partial charge is 0.275 e. The largest absolute Gasteiger partial charge is 0.372 e. The van der Waals surface area contributed by atoms with Gasteiger partial charge in [-0.1, -0.05) is 18.2 Å². The summed E-state index contributed by atoms with van der Waals surface area (Å²) >= 11 is 0. The van der Waals surface area contributed by atoms with Crippen molar-refractivity contribution in [3.05, 3.63) is 47.4 Å². The average Bonchev–Trinajstić information content (AvgIpc) is 2.43. The first kappa shape index (κ1) is 13.0. The number of amides is 1. The average molecular weight is 256 g/mol. The molecule has 5 heteroatoms. The quantitative estimate of drug-likeness (QED) is 0.884. The van der Waals surface area contributed by atoms with Gasteiger partial charge in [0.15, 0.2) is 0 Å². The maximum Gasteiger partial charge on any atom is 0.275 e. The van der Waals surface area contributed by atoms with Gasteiger partial charge in [0.2, 0.25) is 0 Å². The van der Waals surface area contributed by atoms with Crippen LogP contribution < -0.4 is 10.6 Å². The first-order valence-corrected chi connectivity index (χ1v) is 5.99. The fourth-order valence-electron chi connectivity index (χ4n) is 1.79. The normalized spacial score (nSPS) is 10.1. The van der Waals surface area contributed by atoms with Crippen molar-refractivity contribution in [3.8, 4) is 0 Å². The van der Waals surface area contributed by atoms with Crippen LogP contribution in [0.4, 0.5) is 11.5 Å². The van der Waals surface area contributed by atoms with Crippen molar-refractivity contribution in [1.82, 2.24) is 9.97 Å². The zero-order valence-corrected chi connectivity index (χ0v) is 11.2. The topological polar surface area (TPSA) is 66.9 Å². The predicted octanol–water partition coefficient (Wildman–Crippen LogP) is 2.39. The number of aromatic nitrogens is 2. The van der Waals surface area contributed by atoms with Crippen LogP contribution in [0.3, 0.4) is 0 Å². The van der Waals surface area contributed by atoms with Crippen LogP contribution in [-0.4, -0.2) is 22.9 Å². The van der Waals surface area contributed by atoms with Gasteiger partial charge in [0.05, 0.1) is 12.4 Å². The molecule has 2 rings (SSSR count). The van der Waals surface area contributed by atoms with Crippen LogP contribution in [-0.2, 0) is 0 Å². The Bertz CT molecular complexity index is 590. The molecule has 2 N–H and O–H groups in total. The third kappa shape index (κ3) is 2.88. The van der Waals surface area contributed by atoms with E-state index in [0.29, 0.717) is 5.82 Å². The van der Waals surface area contributed by atoms with Crippen molar-refractivity contribution in [3.63, 3.8) is 0 Å². The molecule has 0 aliphatic carbocycles. The summed E-state index contributed by atoms with van der Waals surface area (Å²) in [6, 6.07) is 5.87. The second-order valence-electron chi connectivity index (χ2n) is 4.26. The molecule has 1 aromatic heterocycles. The number of nitrogens with one attached hydrogen (secondary N) is 2. The van der Waals surface area contributed by atoms with E-state index in [1.54, 1.807) is 13.2 Å². The van der Waals surface area contributed by atoms with Crippen LogP contribution in [0.25, 0.3) is 0 Å². The summed E-state index contributed by atoms with van der Waals surface area (Å²) in [4.78, 5) is 20.3. The summed E-state index contributed by atoms with van der Waals surface area (Å²) in [5.41, 5.74) is 3.15. The zero-order valence-electron chi connectivity index (χ0n) is 11.2. The Morgan fingerprint density at radius 3 is 2.47 bits per heavy atom. The highest BCUT2D eigenvalue weighted by Crippen LogP contribution is 2.20. The van der Waals surface area contributed by atoms with Gasteiger partial charge in [0.25, 0.3) is 5.91 Å². The number of carbonyl (C=O) groups excluding carboxylic acids is 1. The number of hydrogen-bond acceptors (Lipinski definition) is 4. The summed E-state index contributed by atoms with van der Waals surface area (Å²) in [7, 11) is 1.73. The van der Waals surface area contributed by atoms with E-state index in [2.05, 4.69) is 20.6 Å². The van der Waals surface area contributed by atoms with Crippen molar-refractivity contribution >= 4 is 17.4 Å². The fraction of sp³-hybridized carbons (Fsp3) is 0.214. The summed E-state index contributed by atoms with van der Waals surface area (Å²) in [5, 5.41) is 5.73. The van der Waals surface area contributed by atoms with E-state index < -0.39 is 0 Å². The first-order valence-electron chi connectivity index (χ1n) is 5.99. The monoisotopic (exact) mass is 256 g/mol. The van der Waals surface area contributed by atoms with Gasteiger partial charge in [-0.2, -0.15) is 0 Å². The second kappa shape index (κ2) is 5.48. The lowest BCUT2D eigenvalue weighted by molar-refractivity contribution is 0.102. The molecule has 0 aliphatic rings. The fourth-order valence-corrected chi connectivity index (χ4v) is 1.79. The molecule has 2 aromatic rings. The molecule has 0 spiro atoms. The number of hydrogen-bond donors (Lipinski definition) is 2. The number of benzene rings is 1. The zero-order chi connectivity index (χ0) is 13.8. The van der Waals surface area contributed by atoms with Gasteiger partial charge >= 0.3 is 0 Å². The van der Waals surface area contributed by atoms with Gasteiger partial charge in [0, 0.05) is 12.7 Å². The van der Waals surface area contributed by atoms with Crippen LogP contribution in [0.15, 0.2) is 30.6 Å². The Kier molecular flexibility index (Phi) is 3.75. The maximum absolute atomic E-state index is 12.1. The third-order valence-electron chi connectivity index (χ3n) is 2.84. The van der Waals surface area contributed by atoms with Crippen molar-refractivity contribution < 1.29 is 4.79 Å². The maximum atomic E-state index is 12.1. The van der Waals surface area contributed by atoms with E-state index >= 15 is 0 Å². The van der Waals surface area contributed by atoms with E-state index in [1.807, 2.05) is 32.0 Å². The Morgan fingerprint density at radius 2 is 1.84 bits per heavy atom. The molecule has 1 heterocycles. The summed E-state index contributed by atoms with van der Waals surface area (Å²) < 4.78 is 0.